The molecule has 0 saturated carbocycles. The van der Waals surface area contributed by atoms with Crippen LogP contribution in [0, 0.1) is 6.92 Å². The molecule has 1 N–H and O–H groups in total. The lowest BCUT2D eigenvalue weighted by atomic mass is 10.2. The minimum Gasteiger partial charge on any atom is -0.492 e. The third-order valence-electron chi connectivity index (χ3n) is 3.46. The molecule has 0 fully saturated rings. The Kier molecular flexibility index (Phi) is 6.21. The van der Waals surface area contributed by atoms with Crippen molar-refractivity contribution in [1.29, 1.82) is 0 Å². The Morgan fingerprint density at radius 1 is 1.19 bits per heavy atom. The van der Waals surface area contributed by atoms with Gasteiger partial charge in [-0.05, 0) is 47.2 Å². The number of hydrogen-bond donors (Lipinski definition) is 1. The molecule has 7 nitrogen and oxygen atoms in total. The molecule has 0 radical (unpaired) electrons. The molecule has 0 spiro atoms. The lowest BCUT2D eigenvalue weighted by Crippen LogP contribution is -2.29. The number of amides is 1. The number of rotatable bonds is 8. The largest absolute Gasteiger partial charge is 0.492 e. The number of hydrogen-bond acceptors (Lipinski definition) is 6. The van der Waals surface area contributed by atoms with Gasteiger partial charge >= 0.3 is 0 Å². The molecule has 0 aliphatic heterocycles. The van der Waals surface area contributed by atoms with Gasteiger partial charge in [0, 0.05) is 0 Å². The number of thioether (sulfide) groups is 1. The van der Waals surface area contributed by atoms with Crippen molar-refractivity contribution < 1.29 is 9.53 Å². The van der Waals surface area contributed by atoms with Crippen molar-refractivity contribution in [1.82, 2.24) is 25.5 Å². The molecule has 1 amide bonds. The number of benzene rings is 2. The molecule has 3 aromatic rings. The Hall–Kier alpha value is -2.87. The summed E-state index contributed by atoms with van der Waals surface area (Å²) >= 11 is 1.29. The topological polar surface area (TPSA) is 81.9 Å². The first-order valence-electron chi connectivity index (χ1n) is 8.15. The number of aryl methyl sites for hydroxylation is 1. The van der Waals surface area contributed by atoms with E-state index < -0.39 is 0 Å². The fraction of sp³-hybridized carbons (Fsp3) is 0.222. The summed E-state index contributed by atoms with van der Waals surface area (Å²) in [5, 5.41) is 15.1. The second kappa shape index (κ2) is 9.00. The Morgan fingerprint density at radius 2 is 2.04 bits per heavy atom. The molecule has 134 valence electrons. The molecule has 0 atom stereocenters. The van der Waals surface area contributed by atoms with Gasteiger partial charge in [0.25, 0.3) is 0 Å². The fourth-order valence-corrected chi connectivity index (χ4v) is 2.97. The quantitative estimate of drug-likeness (QED) is 0.484. The second-order valence-corrected chi connectivity index (χ2v) is 6.45. The first kappa shape index (κ1) is 17.9. The lowest BCUT2D eigenvalue weighted by Gasteiger charge is -2.08. The predicted octanol–water partition coefficient (Wildman–Crippen LogP) is 2.26. The van der Waals surface area contributed by atoms with Crippen LogP contribution in [0.25, 0.3) is 5.69 Å². The number of para-hydroxylation sites is 1. The van der Waals surface area contributed by atoms with Gasteiger partial charge in [-0.3, -0.25) is 4.79 Å². The molecule has 0 aliphatic rings. The number of carbonyl (C=O) groups is 1. The number of nitrogens with zero attached hydrogens (tertiary/aromatic N) is 4. The molecule has 0 unspecified atom stereocenters. The van der Waals surface area contributed by atoms with Gasteiger partial charge in [-0.25, -0.2) is 0 Å². The summed E-state index contributed by atoms with van der Waals surface area (Å²) in [6.07, 6.45) is 0. The highest BCUT2D eigenvalue weighted by molar-refractivity contribution is 7.99. The van der Waals surface area contributed by atoms with Crippen LogP contribution in [0.3, 0.4) is 0 Å². The van der Waals surface area contributed by atoms with Crippen LogP contribution >= 0.6 is 11.8 Å². The monoisotopic (exact) mass is 369 g/mol. The molecular weight excluding hydrogens is 350 g/mol. The van der Waals surface area contributed by atoms with Crippen LogP contribution in [-0.2, 0) is 4.79 Å². The van der Waals surface area contributed by atoms with Gasteiger partial charge in [0.1, 0.15) is 12.4 Å². The molecule has 0 bridgehead atoms. The Labute approximate surface area is 155 Å². The molecule has 3 rings (SSSR count). The third kappa shape index (κ3) is 5.06. The van der Waals surface area contributed by atoms with Crippen molar-refractivity contribution in [2.24, 2.45) is 0 Å². The molecule has 1 aromatic heterocycles. The Morgan fingerprint density at radius 3 is 2.85 bits per heavy atom. The van der Waals surface area contributed by atoms with Crippen molar-refractivity contribution in [2.75, 3.05) is 18.9 Å². The van der Waals surface area contributed by atoms with E-state index in [1.165, 1.54) is 11.8 Å². The molecule has 0 aliphatic carbocycles. The van der Waals surface area contributed by atoms with E-state index >= 15 is 0 Å². The molecular formula is C18H19N5O2S. The summed E-state index contributed by atoms with van der Waals surface area (Å²) < 4.78 is 7.17. The van der Waals surface area contributed by atoms with Crippen LogP contribution in [0.1, 0.15) is 5.56 Å². The van der Waals surface area contributed by atoms with E-state index in [1.54, 1.807) is 4.68 Å². The number of aromatic nitrogens is 4. The lowest BCUT2D eigenvalue weighted by molar-refractivity contribution is -0.118. The zero-order valence-corrected chi connectivity index (χ0v) is 15.1. The van der Waals surface area contributed by atoms with Crippen LogP contribution in [-0.4, -0.2) is 45.0 Å². The SMILES string of the molecule is Cc1cccc(-n2nnnc2SCC(=O)NCCOc2ccccc2)c1. The number of nitrogens with one attached hydrogen (secondary N) is 1. The summed E-state index contributed by atoms with van der Waals surface area (Å²) in [5.74, 6) is 0.927. The van der Waals surface area contributed by atoms with Gasteiger partial charge in [-0.2, -0.15) is 4.68 Å². The molecule has 8 heteroatoms. The maximum atomic E-state index is 12.0. The minimum absolute atomic E-state index is 0.0922. The maximum Gasteiger partial charge on any atom is 0.230 e. The third-order valence-corrected chi connectivity index (χ3v) is 4.37. The summed E-state index contributed by atoms with van der Waals surface area (Å²) in [6, 6.07) is 17.4. The van der Waals surface area contributed by atoms with Crippen LogP contribution in [0.5, 0.6) is 5.75 Å². The molecule has 1 heterocycles. The van der Waals surface area contributed by atoms with Gasteiger partial charge in [0.05, 0.1) is 18.0 Å². The minimum atomic E-state index is -0.0922. The van der Waals surface area contributed by atoms with E-state index in [0.717, 1.165) is 17.0 Å². The summed E-state index contributed by atoms with van der Waals surface area (Å²) in [7, 11) is 0. The van der Waals surface area contributed by atoms with Crippen molar-refractivity contribution in [3.8, 4) is 11.4 Å². The Bertz CT molecular complexity index is 854. The number of carbonyl (C=O) groups excluding carboxylic acids is 1. The molecule has 2 aromatic carbocycles. The normalized spacial score (nSPS) is 10.5. The second-order valence-electron chi connectivity index (χ2n) is 5.51. The van der Waals surface area contributed by atoms with Crippen molar-refractivity contribution in [3.05, 3.63) is 60.2 Å². The highest BCUT2D eigenvalue weighted by atomic mass is 32.2. The van der Waals surface area contributed by atoms with Crippen molar-refractivity contribution in [2.45, 2.75) is 12.1 Å². The molecule has 0 saturated heterocycles. The highest BCUT2D eigenvalue weighted by Gasteiger charge is 2.11. The zero-order valence-electron chi connectivity index (χ0n) is 14.3. The summed E-state index contributed by atoms with van der Waals surface area (Å²) in [6.45, 7) is 2.87. The van der Waals surface area contributed by atoms with Gasteiger partial charge in [0.15, 0.2) is 0 Å². The smallest absolute Gasteiger partial charge is 0.230 e. The zero-order chi connectivity index (χ0) is 18.2. The predicted molar refractivity (Wildman–Crippen MR) is 99.6 cm³/mol. The number of tetrazole rings is 1. The van der Waals surface area contributed by atoms with Gasteiger partial charge in [-0.15, -0.1) is 5.10 Å². The van der Waals surface area contributed by atoms with E-state index in [2.05, 4.69) is 20.8 Å². The summed E-state index contributed by atoms with van der Waals surface area (Å²) in [4.78, 5) is 12.0. The van der Waals surface area contributed by atoms with Gasteiger partial charge < -0.3 is 10.1 Å². The van der Waals surface area contributed by atoms with Gasteiger partial charge in [0.2, 0.25) is 11.1 Å². The van der Waals surface area contributed by atoms with Crippen molar-refractivity contribution in [3.63, 3.8) is 0 Å². The van der Waals surface area contributed by atoms with E-state index in [4.69, 9.17) is 4.74 Å². The fourth-order valence-electron chi connectivity index (χ4n) is 2.25. The highest BCUT2D eigenvalue weighted by Crippen LogP contribution is 2.18. The average molecular weight is 369 g/mol. The Balaban J connectivity index is 1.44. The van der Waals surface area contributed by atoms with Crippen LogP contribution < -0.4 is 10.1 Å². The maximum absolute atomic E-state index is 12.0. The first-order valence-corrected chi connectivity index (χ1v) is 9.14. The van der Waals surface area contributed by atoms with Gasteiger partial charge in [-0.1, -0.05) is 42.1 Å². The summed E-state index contributed by atoms with van der Waals surface area (Å²) in [5.41, 5.74) is 1.99. The van der Waals surface area contributed by atoms with Crippen LogP contribution in [0.2, 0.25) is 0 Å². The van der Waals surface area contributed by atoms with Crippen LogP contribution in [0.15, 0.2) is 59.8 Å². The molecule has 26 heavy (non-hydrogen) atoms. The standard InChI is InChI=1S/C18H19N5O2S/c1-14-6-5-7-15(12-14)23-18(20-21-22-23)26-13-17(24)19-10-11-25-16-8-3-2-4-9-16/h2-9,12H,10-11,13H2,1H3,(H,19,24). The van der Waals surface area contributed by atoms with E-state index in [-0.39, 0.29) is 11.7 Å². The van der Waals surface area contributed by atoms with E-state index in [1.807, 2.05) is 61.5 Å². The van der Waals surface area contributed by atoms with Crippen LogP contribution in [0.4, 0.5) is 0 Å². The van der Waals surface area contributed by atoms with Crippen molar-refractivity contribution >= 4 is 17.7 Å². The van der Waals surface area contributed by atoms with E-state index in [0.29, 0.717) is 18.3 Å². The van der Waals surface area contributed by atoms with E-state index in [9.17, 15) is 4.79 Å². The number of ether oxygens (including phenoxy) is 1. The first-order chi connectivity index (χ1) is 12.7. The average Bonchev–Trinajstić information content (AvgIpc) is 3.13.